The molecule has 0 spiro atoms. The first-order valence-corrected chi connectivity index (χ1v) is 8.79. The van der Waals surface area contributed by atoms with Gasteiger partial charge < -0.3 is 4.74 Å². The van der Waals surface area contributed by atoms with Gasteiger partial charge in [-0.1, -0.05) is 11.6 Å². The maximum Gasteiger partial charge on any atom is 0.248 e. The van der Waals surface area contributed by atoms with Gasteiger partial charge in [-0.2, -0.15) is 5.10 Å². The van der Waals surface area contributed by atoms with Crippen molar-refractivity contribution in [3.8, 4) is 5.69 Å². The van der Waals surface area contributed by atoms with Crippen molar-refractivity contribution < 1.29 is 14.4 Å². The molecule has 134 valence electrons. The van der Waals surface area contributed by atoms with Gasteiger partial charge in [0.2, 0.25) is 5.91 Å². The van der Waals surface area contributed by atoms with Gasteiger partial charge in [-0.15, -0.1) is 0 Å². The van der Waals surface area contributed by atoms with Crippen LogP contribution in [-0.2, 0) is 20.8 Å². The fourth-order valence-electron chi connectivity index (χ4n) is 2.90. The molecule has 6 nitrogen and oxygen atoms in total. The second-order valence-corrected chi connectivity index (χ2v) is 6.59. The fraction of sp³-hybridized carbons (Fsp3) is 0.444. The van der Waals surface area contributed by atoms with Gasteiger partial charge in [0, 0.05) is 29.3 Å². The predicted molar refractivity (Wildman–Crippen MR) is 94.6 cm³/mol. The highest BCUT2D eigenvalue weighted by molar-refractivity contribution is 6.30. The lowest BCUT2D eigenvalue weighted by Crippen LogP contribution is -2.34. The second kappa shape index (κ2) is 7.99. The van der Waals surface area contributed by atoms with Crippen molar-refractivity contribution >= 4 is 17.5 Å². The highest BCUT2D eigenvalue weighted by Crippen LogP contribution is 2.20. The molecule has 3 rings (SSSR count). The van der Waals surface area contributed by atoms with Crippen LogP contribution in [0.2, 0.25) is 5.02 Å². The van der Waals surface area contributed by atoms with E-state index in [1.807, 2.05) is 42.8 Å². The Bertz CT molecular complexity index is 737. The van der Waals surface area contributed by atoms with E-state index in [4.69, 9.17) is 21.2 Å². The van der Waals surface area contributed by atoms with E-state index >= 15 is 0 Å². The van der Waals surface area contributed by atoms with Crippen LogP contribution in [0.3, 0.4) is 0 Å². The molecule has 0 aliphatic carbocycles. The van der Waals surface area contributed by atoms with Crippen LogP contribution in [0, 0.1) is 13.8 Å². The van der Waals surface area contributed by atoms with Crippen molar-refractivity contribution in [3.63, 3.8) is 0 Å². The number of rotatable bonds is 5. The molecule has 1 aromatic heterocycles. The predicted octanol–water partition coefficient (Wildman–Crippen LogP) is 3.26. The molecule has 7 heteroatoms. The normalized spacial score (nSPS) is 17.5. The highest BCUT2D eigenvalue weighted by atomic mass is 35.5. The first-order valence-electron chi connectivity index (χ1n) is 8.41. The van der Waals surface area contributed by atoms with Crippen LogP contribution in [0.4, 0.5) is 0 Å². The summed E-state index contributed by atoms with van der Waals surface area (Å²) in [5.74, 6) is -0.212. The zero-order chi connectivity index (χ0) is 17.8. The number of benzene rings is 1. The number of carbonyl (C=O) groups excluding carboxylic acids is 1. The van der Waals surface area contributed by atoms with E-state index in [2.05, 4.69) is 10.6 Å². The molecular formula is C18H22ClN3O3. The summed E-state index contributed by atoms with van der Waals surface area (Å²) < 4.78 is 7.25. The molecule has 1 N–H and O–H groups in total. The van der Waals surface area contributed by atoms with E-state index in [1.54, 1.807) is 0 Å². The summed E-state index contributed by atoms with van der Waals surface area (Å²) >= 11 is 5.94. The molecule has 1 saturated heterocycles. The molecule has 1 aromatic carbocycles. The van der Waals surface area contributed by atoms with Crippen molar-refractivity contribution in [3.05, 3.63) is 46.2 Å². The van der Waals surface area contributed by atoms with Crippen LogP contribution in [0.1, 0.15) is 36.2 Å². The van der Waals surface area contributed by atoms with Crippen molar-refractivity contribution in [1.29, 1.82) is 0 Å². The van der Waals surface area contributed by atoms with Crippen LogP contribution >= 0.6 is 11.6 Å². The van der Waals surface area contributed by atoms with Crippen LogP contribution in [0.5, 0.6) is 0 Å². The molecule has 1 atom stereocenters. The van der Waals surface area contributed by atoms with Gasteiger partial charge in [0.1, 0.15) is 0 Å². The summed E-state index contributed by atoms with van der Waals surface area (Å²) in [6.45, 7) is 4.52. The quantitative estimate of drug-likeness (QED) is 0.828. The van der Waals surface area contributed by atoms with Crippen molar-refractivity contribution in [2.75, 3.05) is 6.61 Å². The van der Waals surface area contributed by atoms with Crippen molar-refractivity contribution in [1.82, 2.24) is 15.3 Å². The molecule has 2 aromatic rings. The number of amides is 1. The van der Waals surface area contributed by atoms with E-state index in [0.717, 1.165) is 41.9 Å². The number of carbonyl (C=O) groups is 1. The number of hydroxylamine groups is 1. The first kappa shape index (κ1) is 17.9. The van der Waals surface area contributed by atoms with E-state index in [-0.39, 0.29) is 18.6 Å². The average molecular weight is 364 g/mol. The summed E-state index contributed by atoms with van der Waals surface area (Å²) in [6.07, 6.45) is 2.74. The Labute approximate surface area is 152 Å². The summed E-state index contributed by atoms with van der Waals surface area (Å²) in [4.78, 5) is 17.5. The minimum Gasteiger partial charge on any atom is -0.350 e. The molecule has 0 bridgehead atoms. The molecule has 1 fully saturated rings. The number of aromatic nitrogens is 2. The Kier molecular flexibility index (Phi) is 5.73. The molecule has 0 saturated carbocycles. The third-order valence-corrected chi connectivity index (χ3v) is 4.54. The smallest absolute Gasteiger partial charge is 0.248 e. The lowest BCUT2D eigenvalue weighted by atomic mass is 10.1. The van der Waals surface area contributed by atoms with Gasteiger partial charge in [-0.05, 0) is 51.0 Å². The Morgan fingerprint density at radius 3 is 2.80 bits per heavy atom. The molecule has 0 radical (unpaired) electrons. The Hall–Kier alpha value is -1.89. The van der Waals surface area contributed by atoms with Crippen molar-refractivity contribution in [2.45, 2.75) is 45.8 Å². The molecule has 1 amide bonds. The Morgan fingerprint density at radius 2 is 2.12 bits per heavy atom. The number of aryl methyl sites for hydroxylation is 1. The summed E-state index contributed by atoms with van der Waals surface area (Å²) in [5, 5.41) is 5.21. The number of hydrogen-bond acceptors (Lipinski definition) is 4. The van der Waals surface area contributed by atoms with E-state index in [0.29, 0.717) is 11.6 Å². The van der Waals surface area contributed by atoms with Gasteiger partial charge in [0.25, 0.3) is 0 Å². The third kappa shape index (κ3) is 4.39. The Balaban J connectivity index is 1.66. The topological polar surface area (TPSA) is 65.4 Å². The van der Waals surface area contributed by atoms with Crippen LogP contribution in [-0.4, -0.2) is 28.6 Å². The monoisotopic (exact) mass is 363 g/mol. The molecular weight excluding hydrogens is 342 g/mol. The lowest BCUT2D eigenvalue weighted by molar-refractivity contribution is -0.200. The summed E-state index contributed by atoms with van der Waals surface area (Å²) in [7, 11) is 0. The van der Waals surface area contributed by atoms with Gasteiger partial charge in [-0.25, -0.2) is 15.0 Å². The van der Waals surface area contributed by atoms with E-state index in [9.17, 15) is 4.79 Å². The maximum atomic E-state index is 12.2. The molecule has 1 aliphatic heterocycles. The zero-order valence-corrected chi connectivity index (χ0v) is 15.2. The fourth-order valence-corrected chi connectivity index (χ4v) is 3.02. The standard InChI is InChI=1S/C18H22ClN3O3/c1-12-16(11-17(23)21-25-18-5-3-4-10-24-18)13(2)22(20-12)15-8-6-14(19)7-9-15/h6-9,18H,3-5,10-11H2,1-2H3,(H,21,23). The molecule has 2 heterocycles. The summed E-state index contributed by atoms with van der Waals surface area (Å²) in [5.41, 5.74) is 6.03. The first-order chi connectivity index (χ1) is 12.0. The average Bonchev–Trinajstić information content (AvgIpc) is 2.90. The van der Waals surface area contributed by atoms with Crippen LogP contribution in [0.15, 0.2) is 24.3 Å². The SMILES string of the molecule is Cc1nn(-c2ccc(Cl)cc2)c(C)c1CC(=O)NOC1CCCCO1. The second-order valence-electron chi connectivity index (χ2n) is 6.15. The van der Waals surface area contributed by atoms with Crippen LogP contribution in [0.25, 0.3) is 5.69 Å². The number of halogens is 1. The van der Waals surface area contributed by atoms with E-state index < -0.39 is 0 Å². The minimum absolute atomic E-state index is 0.206. The number of hydrogen-bond donors (Lipinski definition) is 1. The van der Waals surface area contributed by atoms with Gasteiger partial charge >= 0.3 is 0 Å². The molecule has 1 aliphatic rings. The van der Waals surface area contributed by atoms with Crippen LogP contribution < -0.4 is 5.48 Å². The Morgan fingerprint density at radius 1 is 1.36 bits per heavy atom. The summed E-state index contributed by atoms with van der Waals surface area (Å²) in [6, 6.07) is 7.43. The highest BCUT2D eigenvalue weighted by Gasteiger charge is 2.19. The van der Waals surface area contributed by atoms with E-state index in [1.165, 1.54) is 0 Å². The number of ether oxygens (including phenoxy) is 1. The van der Waals surface area contributed by atoms with Gasteiger partial charge in [0.15, 0.2) is 6.29 Å². The third-order valence-electron chi connectivity index (χ3n) is 4.29. The number of nitrogens with one attached hydrogen (secondary N) is 1. The molecule has 25 heavy (non-hydrogen) atoms. The number of nitrogens with zero attached hydrogens (tertiary/aromatic N) is 2. The van der Waals surface area contributed by atoms with Gasteiger partial charge in [-0.3, -0.25) is 4.79 Å². The zero-order valence-electron chi connectivity index (χ0n) is 14.4. The molecule has 1 unspecified atom stereocenters. The largest absolute Gasteiger partial charge is 0.350 e. The maximum absolute atomic E-state index is 12.2. The minimum atomic E-state index is -0.350. The van der Waals surface area contributed by atoms with Gasteiger partial charge in [0.05, 0.1) is 17.8 Å². The van der Waals surface area contributed by atoms with Crippen molar-refractivity contribution in [2.24, 2.45) is 0 Å². The lowest BCUT2D eigenvalue weighted by Gasteiger charge is -2.22.